The van der Waals surface area contributed by atoms with Crippen LogP contribution in [0.25, 0.3) is 22.6 Å². The van der Waals surface area contributed by atoms with Crippen molar-refractivity contribution in [2.45, 2.75) is 25.1 Å². The Bertz CT molecular complexity index is 1750. The summed E-state index contributed by atoms with van der Waals surface area (Å²) in [4.78, 5) is 26.5. The van der Waals surface area contributed by atoms with E-state index in [1.54, 1.807) is 23.2 Å². The fraction of sp³-hybridized carbons (Fsp3) is 0.333. The smallest absolute Gasteiger partial charge is 0.350 e. The van der Waals surface area contributed by atoms with E-state index in [-0.39, 0.29) is 23.5 Å². The minimum absolute atomic E-state index is 0.0209. The highest BCUT2D eigenvalue weighted by Gasteiger charge is 2.32. The van der Waals surface area contributed by atoms with Gasteiger partial charge in [0.05, 0.1) is 19.3 Å². The first-order valence-electron chi connectivity index (χ1n) is 14.3. The van der Waals surface area contributed by atoms with Gasteiger partial charge in [-0.3, -0.25) is 14.7 Å². The lowest BCUT2D eigenvalue weighted by molar-refractivity contribution is 0.0385. The molecule has 1 amide bonds. The highest BCUT2D eigenvalue weighted by atomic mass is 19.3. The standard InChI is InChI=1S/C30H28F2N8O4/c31-30(32)40-36-27(35-37-40)26(19-4-2-1-3-5-19)38-11-13-39(14-12-38)29(41)24-16-20(8-10-33-24)28-34-23-7-6-21(17-25(23)44-28)43-22-9-15-42-18-22/h1-8,10,16-17,22,26,30H,9,11-15,18H2/t22-,26-/m0/s1. The number of hydrogen-bond acceptors (Lipinski definition) is 10. The van der Waals surface area contributed by atoms with Crippen LogP contribution in [0.1, 0.15) is 40.9 Å². The number of alkyl halides is 2. The average Bonchev–Trinajstić information content (AvgIpc) is 3.84. The van der Waals surface area contributed by atoms with E-state index in [4.69, 9.17) is 13.9 Å². The third-order valence-electron chi connectivity index (χ3n) is 7.72. The molecule has 0 unspecified atom stereocenters. The van der Waals surface area contributed by atoms with Crippen molar-refractivity contribution < 1.29 is 27.5 Å². The molecule has 5 aromatic rings. The van der Waals surface area contributed by atoms with Crippen LogP contribution >= 0.6 is 0 Å². The van der Waals surface area contributed by atoms with Crippen LogP contribution < -0.4 is 4.74 Å². The Kier molecular flexibility index (Phi) is 7.66. The van der Waals surface area contributed by atoms with Gasteiger partial charge in [-0.05, 0) is 35.0 Å². The van der Waals surface area contributed by atoms with Gasteiger partial charge in [-0.25, -0.2) is 4.98 Å². The summed E-state index contributed by atoms with van der Waals surface area (Å²) >= 11 is 0. The molecule has 0 aliphatic carbocycles. The first-order valence-corrected chi connectivity index (χ1v) is 14.3. The Balaban J connectivity index is 1.05. The van der Waals surface area contributed by atoms with Gasteiger partial charge in [-0.2, -0.15) is 8.78 Å². The van der Waals surface area contributed by atoms with Crippen molar-refractivity contribution in [3.05, 3.63) is 83.9 Å². The minimum Gasteiger partial charge on any atom is -0.488 e. The molecular formula is C30H28F2N8O4. The predicted molar refractivity (Wildman–Crippen MR) is 152 cm³/mol. The van der Waals surface area contributed by atoms with Crippen molar-refractivity contribution in [1.29, 1.82) is 0 Å². The van der Waals surface area contributed by atoms with Gasteiger partial charge in [0.15, 0.2) is 11.4 Å². The number of carbonyl (C=O) groups is 1. The maximum atomic E-state index is 13.5. The number of halogens is 2. The third kappa shape index (κ3) is 5.73. The molecule has 5 heterocycles. The summed E-state index contributed by atoms with van der Waals surface area (Å²) in [6.45, 7) is 0.107. The number of fused-ring (bicyclic) bond motifs is 1. The summed E-state index contributed by atoms with van der Waals surface area (Å²) in [7, 11) is 0. The Labute approximate surface area is 250 Å². The number of hydrogen-bond donors (Lipinski definition) is 0. The van der Waals surface area contributed by atoms with Gasteiger partial charge in [-0.1, -0.05) is 35.1 Å². The van der Waals surface area contributed by atoms with E-state index in [9.17, 15) is 13.6 Å². The quantitative estimate of drug-likeness (QED) is 0.258. The zero-order valence-corrected chi connectivity index (χ0v) is 23.5. The molecule has 2 atom stereocenters. The van der Waals surface area contributed by atoms with Crippen LogP contribution in [0.4, 0.5) is 8.78 Å². The zero-order chi connectivity index (χ0) is 30.0. The molecule has 2 saturated heterocycles. The Hall–Kier alpha value is -4.82. The van der Waals surface area contributed by atoms with E-state index in [1.165, 1.54) is 0 Å². The van der Waals surface area contributed by atoms with Crippen molar-refractivity contribution in [3.63, 3.8) is 0 Å². The van der Waals surface area contributed by atoms with Crippen molar-refractivity contribution in [3.8, 4) is 17.2 Å². The first kappa shape index (κ1) is 28.0. The van der Waals surface area contributed by atoms with Gasteiger partial charge in [0.2, 0.25) is 5.89 Å². The van der Waals surface area contributed by atoms with Gasteiger partial charge < -0.3 is 18.8 Å². The Morgan fingerprint density at radius 3 is 2.61 bits per heavy atom. The van der Waals surface area contributed by atoms with Gasteiger partial charge >= 0.3 is 6.55 Å². The lowest BCUT2D eigenvalue weighted by Gasteiger charge is -2.38. The molecule has 0 spiro atoms. The van der Waals surface area contributed by atoms with E-state index < -0.39 is 12.6 Å². The second-order valence-electron chi connectivity index (χ2n) is 10.6. The summed E-state index contributed by atoms with van der Waals surface area (Å²) in [6, 6.07) is 17.8. The molecule has 14 heteroatoms. The number of carbonyl (C=O) groups excluding carboxylic acids is 1. The third-order valence-corrected chi connectivity index (χ3v) is 7.72. The maximum absolute atomic E-state index is 13.5. The monoisotopic (exact) mass is 602 g/mol. The van der Waals surface area contributed by atoms with Crippen LogP contribution in [0.15, 0.2) is 71.3 Å². The first-order chi connectivity index (χ1) is 21.5. The van der Waals surface area contributed by atoms with Crippen LogP contribution in [-0.2, 0) is 4.74 Å². The largest absolute Gasteiger partial charge is 0.488 e. The summed E-state index contributed by atoms with van der Waals surface area (Å²) < 4.78 is 43.8. The number of ether oxygens (including phenoxy) is 2. The second-order valence-corrected chi connectivity index (χ2v) is 10.6. The topological polar surface area (TPSA) is 125 Å². The zero-order valence-electron chi connectivity index (χ0n) is 23.5. The van der Waals surface area contributed by atoms with E-state index in [2.05, 4.69) is 30.3 Å². The molecule has 0 N–H and O–H groups in total. The summed E-state index contributed by atoms with van der Waals surface area (Å²) in [5, 5.41) is 11.4. The van der Waals surface area contributed by atoms with Crippen molar-refractivity contribution in [2.24, 2.45) is 0 Å². The van der Waals surface area contributed by atoms with Gasteiger partial charge in [0.25, 0.3) is 5.91 Å². The van der Waals surface area contributed by atoms with E-state index in [0.717, 1.165) is 12.0 Å². The van der Waals surface area contributed by atoms with Crippen LogP contribution in [0, 0.1) is 0 Å². The number of tetrazole rings is 1. The van der Waals surface area contributed by atoms with E-state index in [1.807, 2.05) is 48.5 Å². The summed E-state index contributed by atoms with van der Waals surface area (Å²) in [5.41, 5.74) is 2.99. The van der Waals surface area contributed by atoms with Crippen molar-refractivity contribution >= 4 is 17.0 Å². The number of pyridine rings is 1. The summed E-state index contributed by atoms with van der Waals surface area (Å²) in [6.07, 6.45) is 2.43. The van der Waals surface area contributed by atoms with Gasteiger partial charge in [0.1, 0.15) is 23.1 Å². The molecule has 3 aromatic heterocycles. The number of aromatic nitrogens is 6. The number of benzene rings is 2. The number of nitrogens with zero attached hydrogens (tertiary/aromatic N) is 8. The molecule has 2 aliphatic heterocycles. The summed E-state index contributed by atoms with van der Waals surface area (Å²) in [5.74, 6) is 1.01. The molecule has 2 aliphatic rings. The Morgan fingerprint density at radius 1 is 1.02 bits per heavy atom. The van der Waals surface area contributed by atoms with Crippen molar-refractivity contribution in [2.75, 3.05) is 39.4 Å². The maximum Gasteiger partial charge on any atom is 0.350 e. The lowest BCUT2D eigenvalue weighted by atomic mass is 10.0. The van der Waals surface area contributed by atoms with Crippen molar-refractivity contribution in [1.82, 2.24) is 40.0 Å². The fourth-order valence-electron chi connectivity index (χ4n) is 5.51. The Morgan fingerprint density at radius 2 is 1.86 bits per heavy atom. The highest BCUT2D eigenvalue weighted by molar-refractivity contribution is 5.93. The van der Waals surface area contributed by atoms with E-state index in [0.29, 0.717) is 72.5 Å². The molecule has 0 radical (unpaired) electrons. The van der Waals surface area contributed by atoms with E-state index >= 15 is 0 Å². The minimum atomic E-state index is -2.89. The van der Waals surface area contributed by atoms with Crippen LogP contribution in [0.3, 0.4) is 0 Å². The number of piperazine rings is 1. The average molecular weight is 603 g/mol. The van der Waals surface area contributed by atoms with Crippen LogP contribution in [0.5, 0.6) is 5.75 Å². The number of rotatable bonds is 8. The fourth-order valence-corrected chi connectivity index (χ4v) is 5.51. The molecule has 0 bridgehead atoms. The van der Waals surface area contributed by atoms with Gasteiger partial charge in [0, 0.05) is 50.4 Å². The molecular weight excluding hydrogens is 574 g/mol. The SMILES string of the molecule is O=C(c1cc(-c2nc3ccc(O[C@H]4CCOC4)cc3o2)ccn1)N1CCN([C@@H](c2ccccc2)c2nnn(C(F)F)n2)CC1. The molecule has 12 nitrogen and oxygen atoms in total. The number of oxazole rings is 1. The lowest BCUT2D eigenvalue weighted by Crippen LogP contribution is -2.50. The molecule has 2 fully saturated rings. The molecule has 2 aromatic carbocycles. The molecule has 44 heavy (non-hydrogen) atoms. The molecule has 226 valence electrons. The number of amides is 1. The second kappa shape index (κ2) is 12.1. The predicted octanol–water partition coefficient (Wildman–Crippen LogP) is 3.99. The van der Waals surface area contributed by atoms with Crippen LogP contribution in [-0.4, -0.2) is 91.4 Å². The molecule has 0 saturated carbocycles. The normalized spacial score (nSPS) is 18.2. The van der Waals surface area contributed by atoms with Crippen LogP contribution in [0.2, 0.25) is 0 Å². The van der Waals surface area contributed by atoms with Gasteiger partial charge in [-0.15, -0.1) is 10.2 Å². The highest BCUT2D eigenvalue weighted by Crippen LogP contribution is 2.30. The molecule has 7 rings (SSSR count).